The Balaban J connectivity index is 1.89. The molecule has 1 heterocycles. The Hall–Kier alpha value is -0.160. The van der Waals surface area contributed by atoms with E-state index < -0.39 is 5.60 Å². The number of rotatable bonds is 5. The first kappa shape index (κ1) is 15.2. The SMILES string of the molecule is CC(C)NCC(C)(O)CN1CCOC2CCCCC21. The van der Waals surface area contributed by atoms with Gasteiger partial charge in [0.25, 0.3) is 0 Å². The Morgan fingerprint density at radius 1 is 1.37 bits per heavy atom. The van der Waals surface area contributed by atoms with Gasteiger partial charge in [0, 0.05) is 31.7 Å². The van der Waals surface area contributed by atoms with Gasteiger partial charge in [-0.25, -0.2) is 0 Å². The standard InChI is InChI=1S/C15H30N2O2/c1-12(2)16-10-15(3,18)11-17-8-9-19-14-7-5-4-6-13(14)17/h12-14,16,18H,4-11H2,1-3H3. The number of β-amino-alcohol motifs (C(OH)–C–C–N with tert-alkyl or cyclic N) is 1. The van der Waals surface area contributed by atoms with Gasteiger partial charge in [-0.05, 0) is 19.8 Å². The Morgan fingerprint density at radius 3 is 2.84 bits per heavy atom. The van der Waals surface area contributed by atoms with E-state index in [0.717, 1.165) is 19.7 Å². The molecule has 0 amide bonds. The molecule has 2 aliphatic rings. The van der Waals surface area contributed by atoms with Crippen molar-refractivity contribution in [1.29, 1.82) is 0 Å². The van der Waals surface area contributed by atoms with Crippen molar-refractivity contribution < 1.29 is 9.84 Å². The van der Waals surface area contributed by atoms with Crippen LogP contribution >= 0.6 is 0 Å². The highest BCUT2D eigenvalue weighted by molar-refractivity contribution is 4.91. The maximum atomic E-state index is 10.6. The van der Waals surface area contributed by atoms with Crippen LogP contribution in [0.3, 0.4) is 0 Å². The van der Waals surface area contributed by atoms with E-state index >= 15 is 0 Å². The van der Waals surface area contributed by atoms with Crippen LogP contribution in [0.1, 0.15) is 46.5 Å². The van der Waals surface area contributed by atoms with Gasteiger partial charge >= 0.3 is 0 Å². The molecule has 19 heavy (non-hydrogen) atoms. The van der Waals surface area contributed by atoms with Crippen LogP contribution in [0.2, 0.25) is 0 Å². The van der Waals surface area contributed by atoms with Crippen molar-refractivity contribution >= 4 is 0 Å². The summed E-state index contributed by atoms with van der Waals surface area (Å²) >= 11 is 0. The predicted octanol–water partition coefficient (Wildman–Crippen LogP) is 1.38. The molecule has 0 aromatic rings. The molecule has 3 atom stereocenters. The normalized spacial score (nSPS) is 32.1. The molecule has 2 rings (SSSR count). The molecule has 0 spiro atoms. The maximum Gasteiger partial charge on any atom is 0.0869 e. The first-order valence-corrected chi connectivity index (χ1v) is 7.79. The first-order chi connectivity index (χ1) is 8.98. The molecular weight excluding hydrogens is 240 g/mol. The van der Waals surface area contributed by atoms with E-state index in [1.807, 2.05) is 6.92 Å². The highest BCUT2D eigenvalue weighted by Crippen LogP contribution is 2.29. The van der Waals surface area contributed by atoms with Gasteiger partial charge in [0.1, 0.15) is 0 Å². The molecule has 0 radical (unpaired) electrons. The quantitative estimate of drug-likeness (QED) is 0.792. The number of hydrogen-bond acceptors (Lipinski definition) is 4. The fourth-order valence-electron chi connectivity index (χ4n) is 3.29. The highest BCUT2D eigenvalue weighted by Gasteiger charge is 2.37. The summed E-state index contributed by atoms with van der Waals surface area (Å²) in [5, 5.41) is 13.9. The third kappa shape index (κ3) is 4.42. The fraction of sp³-hybridized carbons (Fsp3) is 1.00. The number of fused-ring (bicyclic) bond motifs is 1. The summed E-state index contributed by atoms with van der Waals surface area (Å²) in [4.78, 5) is 2.45. The number of nitrogens with one attached hydrogen (secondary N) is 1. The van der Waals surface area contributed by atoms with Gasteiger partial charge in [-0.15, -0.1) is 0 Å². The topological polar surface area (TPSA) is 44.7 Å². The average molecular weight is 270 g/mol. The summed E-state index contributed by atoms with van der Waals surface area (Å²) in [6.07, 6.45) is 5.40. The van der Waals surface area contributed by atoms with Crippen LogP contribution in [-0.2, 0) is 4.74 Å². The van der Waals surface area contributed by atoms with Crippen molar-refractivity contribution in [3.8, 4) is 0 Å². The van der Waals surface area contributed by atoms with E-state index in [0.29, 0.717) is 24.7 Å². The second-order valence-corrected chi connectivity index (χ2v) is 6.76. The van der Waals surface area contributed by atoms with Crippen molar-refractivity contribution in [3.63, 3.8) is 0 Å². The molecule has 1 saturated carbocycles. The van der Waals surface area contributed by atoms with Crippen molar-refractivity contribution in [2.75, 3.05) is 26.2 Å². The molecule has 112 valence electrons. The van der Waals surface area contributed by atoms with Gasteiger partial charge in [0.05, 0.1) is 18.3 Å². The van der Waals surface area contributed by atoms with Crippen molar-refractivity contribution in [2.24, 2.45) is 0 Å². The Bertz CT molecular complexity index is 279. The molecule has 2 N–H and O–H groups in total. The molecular formula is C15H30N2O2. The summed E-state index contributed by atoms with van der Waals surface area (Å²) in [7, 11) is 0. The number of nitrogens with zero attached hydrogens (tertiary/aromatic N) is 1. The Labute approximate surface area is 117 Å². The Morgan fingerprint density at radius 2 is 2.11 bits per heavy atom. The van der Waals surface area contributed by atoms with Crippen LogP contribution in [0, 0.1) is 0 Å². The number of hydrogen-bond donors (Lipinski definition) is 2. The smallest absolute Gasteiger partial charge is 0.0869 e. The lowest BCUT2D eigenvalue weighted by Gasteiger charge is -2.46. The predicted molar refractivity (Wildman–Crippen MR) is 77.3 cm³/mol. The molecule has 4 heteroatoms. The largest absolute Gasteiger partial charge is 0.388 e. The summed E-state index contributed by atoms with van der Waals surface area (Å²) in [5.41, 5.74) is -0.663. The van der Waals surface area contributed by atoms with E-state index in [4.69, 9.17) is 4.74 Å². The van der Waals surface area contributed by atoms with E-state index in [1.54, 1.807) is 0 Å². The van der Waals surface area contributed by atoms with E-state index in [-0.39, 0.29) is 0 Å². The molecule has 2 fully saturated rings. The lowest BCUT2D eigenvalue weighted by atomic mass is 9.89. The molecule has 0 aromatic heterocycles. The number of ether oxygens (including phenoxy) is 1. The van der Waals surface area contributed by atoms with Crippen LogP contribution in [0.5, 0.6) is 0 Å². The zero-order chi connectivity index (χ0) is 13.9. The van der Waals surface area contributed by atoms with Gasteiger partial charge in [-0.3, -0.25) is 4.90 Å². The monoisotopic (exact) mass is 270 g/mol. The number of morpholine rings is 1. The molecule has 1 aliphatic carbocycles. The lowest BCUT2D eigenvalue weighted by Crippen LogP contribution is -2.58. The van der Waals surface area contributed by atoms with Crippen LogP contribution < -0.4 is 5.32 Å². The van der Waals surface area contributed by atoms with Gasteiger partial charge in [-0.2, -0.15) is 0 Å². The third-order valence-corrected chi connectivity index (χ3v) is 4.28. The van der Waals surface area contributed by atoms with Crippen molar-refractivity contribution in [3.05, 3.63) is 0 Å². The minimum Gasteiger partial charge on any atom is -0.388 e. The number of aliphatic hydroxyl groups is 1. The minimum atomic E-state index is -0.663. The van der Waals surface area contributed by atoms with E-state index in [9.17, 15) is 5.11 Å². The van der Waals surface area contributed by atoms with Crippen molar-refractivity contribution in [2.45, 2.75) is 70.2 Å². The highest BCUT2D eigenvalue weighted by atomic mass is 16.5. The van der Waals surface area contributed by atoms with Gasteiger partial charge < -0.3 is 15.2 Å². The fourth-order valence-corrected chi connectivity index (χ4v) is 3.29. The van der Waals surface area contributed by atoms with E-state index in [1.165, 1.54) is 25.7 Å². The molecule has 1 aliphatic heterocycles. The Kier molecular flexibility index (Phi) is 5.23. The van der Waals surface area contributed by atoms with Gasteiger partial charge in [-0.1, -0.05) is 26.7 Å². The second-order valence-electron chi connectivity index (χ2n) is 6.76. The first-order valence-electron chi connectivity index (χ1n) is 7.79. The third-order valence-electron chi connectivity index (χ3n) is 4.28. The summed E-state index contributed by atoms with van der Waals surface area (Å²) in [6.45, 7) is 9.34. The van der Waals surface area contributed by atoms with Crippen LogP contribution in [0.15, 0.2) is 0 Å². The summed E-state index contributed by atoms with van der Waals surface area (Å²) in [6, 6.07) is 0.937. The molecule has 4 nitrogen and oxygen atoms in total. The summed E-state index contributed by atoms with van der Waals surface area (Å²) in [5.74, 6) is 0. The molecule has 1 saturated heterocycles. The zero-order valence-electron chi connectivity index (χ0n) is 12.7. The summed E-state index contributed by atoms with van der Waals surface area (Å²) < 4.78 is 5.89. The van der Waals surface area contributed by atoms with Crippen LogP contribution in [-0.4, -0.2) is 60.0 Å². The van der Waals surface area contributed by atoms with Gasteiger partial charge in [0.15, 0.2) is 0 Å². The van der Waals surface area contributed by atoms with Gasteiger partial charge in [0.2, 0.25) is 0 Å². The maximum absolute atomic E-state index is 10.6. The van der Waals surface area contributed by atoms with Crippen LogP contribution in [0.25, 0.3) is 0 Å². The van der Waals surface area contributed by atoms with Crippen molar-refractivity contribution in [1.82, 2.24) is 10.2 Å². The van der Waals surface area contributed by atoms with Crippen LogP contribution in [0.4, 0.5) is 0 Å². The average Bonchev–Trinajstić information content (AvgIpc) is 2.37. The molecule has 0 aromatic carbocycles. The molecule has 3 unspecified atom stereocenters. The second kappa shape index (κ2) is 6.53. The zero-order valence-corrected chi connectivity index (χ0v) is 12.7. The van der Waals surface area contributed by atoms with E-state index in [2.05, 4.69) is 24.1 Å². The molecule has 0 bridgehead atoms. The minimum absolute atomic E-state index is 0.399. The lowest BCUT2D eigenvalue weighted by molar-refractivity contribution is -0.109.